The molecule has 2 aromatic heterocycles. The number of hydrogen-bond donors (Lipinski definition) is 4. The van der Waals surface area contributed by atoms with Crippen LogP contribution >= 0.6 is 11.8 Å². The van der Waals surface area contributed by atoms with Gasteiger partial charge < -0.3 is 34.7 Å². The number of fused-ring (bicyclic) bond motifs is 1. The molecule has 0 aliphatic carbocycles. The number of aromatic nitrogens is 3. The van der Waals surface area contributed by atoms with Crippen molar-refractivity contribution in [1.29, 1.82) is 0 Å². The van der Waals surface area contributed by atoms with Gasteiger partial charge in [-0.2, -0.15) is 0 Å². The molecule has 0 radical (unpaired) electrons. The Bertz CT molecular complexity index is 1490. The minimum Gasteiger partial charge on any atom is -0.462 e. The van der Waals surface area contributed by atoms with E-state index < -0.39 is 80.9 Å². The highest BCUT2D eigenvalue weighted by Gasteiger charge is 2.73. The Morgan fingerprint density at radius 2 is 1.73 bits per heavy atom. The number of esters is 1. The topological polar surface area (TPSA) is 224 Å². The van der Waals surface area contributed by atoms with Crippen molar-refractivity contribution in [3.8, 4) is 0 Å². The van der Waals surface area contributed by atoms with Crippen molar-refractivity contribution in [2.75, 3.05) is 18.2 Å². The molecule has 0 saturated carbocycles. The van der Waals surface area contributed by atoms with E-state index in [0.717, 1.165) is 50.2 Å². The largest absolute Gasteiger partial charge is 0.462 e. The van der Waals surface area contributed by atoms with Crippen LogP contribution in [0.5, 0.6) is 0 Å². The molecule has 3 heterocycles. The monoisotopic (exact) mass is 580 g/mol. The van der Waals surface area contributed by atoms with Crippen molar-refractivity contribution in [2.45, 2.75) is 69.4 Å². The van der Waals surface area contributed by atoms with Crippen molar-refractivity contribution < 1.29 is 48.8 Å². The van der Waals surface area contributed by atoms with E-state index in [2.05, 4.69) is 15.3 Å². The number of nitrogens with one attached hydrogen (secondary N) is 1. The van der Waals surface area contributed by atoms with Crippen molar-refractivity contribution >= 4 is 57.8 Å². The number of aliphatic hydroxyl groups is 3. The van der Waals surface area contributed by atoms with E-state index in [-0.39, 0.29) is 17.6 Å². The fourth-order valence-electron chi connectivity index (χ4n) is 4.53. The van der Waals surface area contributed by atoms with Gasteiger partial charge in [0, 0.05) is 13.1 Å². The van der Waals surface area contributed by atoms with E-state index >= 15 is 0 Å². The fraction of sp³-hybridized carbons (Fsp3) is 0.500. The lowest BCUT2D eigenvalue weighted by Crippen LogP contribution is -2.67. The number of ketones is 3. The summed E-state index contributed by atoms with van der Waals surface area (Å²) >= 11 is 0.982. The molecule has 1 saturated heterocycles. The van der Waals surface area contributed by atoms with Crippen molar-refractivity contribution in [2.24, 2.45) is 0 Å². The van der Waals surface area contributed by atoms with E-state index in [1.165, 1.54) is 6.92 Å². The molecule has 16 heteroatoms. The van der Waals surface area contributed by atoms with Crippen LogP contribution in [0.3, 0.4) is 0 Å². The van der Waals surface area contributed by atoms with Gasteiger partial charge in [0.2, 0.25) is 16.9 Å². The summed E-state index contributed by atoms with van der Waals surface area (Å²) in [4.78, 5) is 84.5. The molecule has 4 N–H and O–H groups in total. The average Bonchev–Trinajstić information content (AvgIpc) is 3.12. The zero-order valence-corrected chi connectivity index (χ0v) is 23.2. The Morgan fingerprint density at radius 3 is 2.20 bits per heavy atom. The predicted octanol–water partition coefficient (Wildman–Crippen LogP) is -0.864. The number of ether oxygens (including phenoxy) is 2. The van der Waals surface area contributed by atoms with E-state index in [4.69, 9.17) is 9.47 Å². The Morgan fingerprint density at radius 1 is 1.12 bits per heavy atom. The minimum atomic E-state index is -3.19. The van der Waals surface area contributed by atoms with Gasteiger partial charge in [0.1, 0.15) is 23.2 Å². The number of amides is 1. The van der Waals surface area contributed by atoms with E-state index in [9.17, 15) is 44.1 Å². The molecule has 0 spiro atoms. The van der Waals surface area contributed by atoms with Crippen molar-refractivity contribution in [3.05, 3.63) is 22.0 Å². The van der Waals surface area contributed by atoms with Crippen LogP contribution in [0.2, 0.25) is 0 Å². The second-order valence-electron chi connectivity index (χ2n) is 9.05. The number of thioether (sulfide) groups is 1. The van der Waals surface area contributed by atoms with Crippen molar-refractivity contribution in [3.63, 3.8) is 0 Å². The lowest BCUT2D eigenvalue weighted by molar-refractivity contribution is -0.184. The molecule has 1 aliphatic rings. The Labute approximate surface area is 230 Å². The van der Waals surface area contributed by atoms with Crippen LogP contribution in [0.15, 0.2) is 16.1 Å². The zero-order chi connectivity index (χ0) is 30.3. The summed E-state index contributed by atoms with van der Waals surface area (Å²) in [6, 6.07) is 0. The van der Waals surface area contributed by atoms with Gasteiger partial charge in [-0.05, 0) is 34.0 Å². The van der Waals surface area contributed by atoms with Gasteiger partial charge in [-0.1, -0.05) is 11.8 Å². The maximum Gasteiger partial charge on any atom is 0.343 e. The van der Waals surface area contributed by atoms with Crippen LogP contribution in [0.4, 0.5) is 5.82 Å². The first-order valence-corrected chi connectivity index (χ1v) is 13.1. The van der Waals surface area contributed by atoms with Gasteiger partial charge in [-0.15, -0.1) is 0 Å². The molecule has 1 unspecified atom stereocenters. The number of pyridine rings is 1. The van der Waals surface area contributed by atoms with E-state index in [0.29, 0.717) is 0 Å². The van der Waals surface area contributed by atoms with Crippen LogP contribution < -0.4 is 10.7 Å². The Hall–Kier alpha value is -3.57. The second kappa shape index (κ2) is 11.1. The van der Waals surface area contributed by atoms with Crippen LogP contribution in [-0.4, -0.2) is 95.4 Å². The molecule has 0 aromatic carbocycles. The minimum absolute atomic E-state index is 0.0141. The summed E-state index contributed by atoms with van der Waals surface area (Å²) in [6.07, 6.45) is -4.10. The summed E-state index contributed by atoms with van der Waals surface area (Å²) in [5.41, 5.74) is -8.42. The Kier molecular flexibility index (Phi) is 8.62. The molecular formula is C24H28N4O11S. The van der Waals surface area contributed by atoms with Gasteiger partial charge in [0.15, 0.2) is 45.8 Å². The molecule has 3 rings (SSSR count). The highest BCUT2D eigenvalue weighted by Crippen LogP contribution is 2.49. The summed E-state index contributed by atoms with van der Waals surface area (Å²) in [5, 5.41) is 35.7. The predicted molar refractivity (Wildman–Crippen MR) is 138 cm³/mol. The maximum absolute atomic E-state index is 13.5. The van der Waals surface area contributed by atoms with Crippen LogP contribution in [0, 0.1) is 0 Å². The molecule has 2 aromatic rings. The number of anilines is 1. The van der Waals surface area contributed by atoms with Gasteiger partial charge in [0.25, 0.3) is 0 Å². The molecule has 0 bridgehead atoms. The third-order valence-electron chi connectivity index (χ3n) is 6.48. The number of carbonyl (C=O) groups is 5. The number of carbonyl (C=O) groups excluding carboxylic acids is 5. The number of nitrogens with zero attached hydrogens (tertiary/aromatic N) is 3. The van der Waals surface area contributed by atoms with Crippen molar-refractivity contribution in [1.82, 2.24) is 14.5 Å². The van der Waals surface area contributed by atoms with Gasteiger partial charge in [-0.25, -0.2) is 14.8 Å². The van der Waals surface area contributed by atoms with Gasteiger partial charge in [0.05, 0.1) is 6.61 Å². The normalized spacial score (nSPS) is 24.9. The molecule has 216 valence electrons. The van der Waals surface area contributed by atoms with Crippen LogP contribution in [0.1, 0.15) is 51.2 Å². The molecular weight excluding hydrogens is 552 g/mol. The number of rotatable bonds is 9. The first-order chi connectivity index (χ1) is 18.6. The molecule has 1 amide bonds. The number of aliphatic hydroxyl groups excluding tert-OH is 1. The highest BCUT2D eigenvalue weighted by atomic mass is 32.2. The standard InChI is InChI=1S/C24H28N4O11S/c1-7-38-20(35)13-8-28(19-14(16(13)34)18(25-12(5)32)26-22(27-19)40-6)21-24(37,11(4)31)23(36,10(3)30)17(39-21)15(33)9(2)29/h8,15,17,21,33,36-37H,7H2,1-6H3,(H,25,26,27,32)/t15?,17-,21-,23-,24+/m1/s1. The molecule has 40 heavy (non-hydrogen) atoms. The summed E-state index contributed by atoms with van der Waals surface area (Å²) in [5.74, 6) is -5.54. The van der Waals surface area contributed by atoms with Crippen LogP contribution in [-0.2, 0) is 28.7 Å². The first kappa shape index (κ1) is 31.0. The third kappa shape index (κ3) is 4.71. The first-order valence-electron chi connectivity index (χ1n) is 11.8. The van der Waals surface area contributed by atoms with E-state index in [1.807, 2.05) is 0 Å². The zero-order valence-electron chi connectivity index (χ0n) is 22.4. The Balaban J connectivity index is 2.56. The quantitative estimate of drug-likeness (QED) is 0.161. The molecule has 1 fully saturated rings. The summed E-state index contributed by atoms with van der Waals surface area (Å²) in [6.45, 7) is 5.04. The fourth-order valence-corrected chi connectivity index (χ4v) is 4.90. The molecule has 1 aliphatic heterocycles. The summed E-state index contributed by atoms with van der Waals surface area (Å²) in [7, 11) is 0. The maximum atomic E-state index is 13.5. The summed E-state index contributed by atoms with van der Waals surface area (Å²) < 4.78 is 11.5. The van der Waals surface area contributed by atoms with Gasteiger partial charge in [-0.3, -0.25) is 24.0 Å². The lowest BCUT2D eigenvalue weighted by Gasteiger charge is -2.38. The number of hydrogen-bond acceptors (Lipinski definition) is 14. The van der Waals surface area contributed by atoms with Gasteiger partial charge >= 0.3 is 5.97 Å². The average molecular weight is 581 g/mol. The number of Topliss-reactive ketones (excluding diaryl/α,β-unsaturated/α-hetero) is 3. The SMILES string of the molecule is CCOC(=O)c1cn([C@@H]2O[C@H](C(O)C(C)=O)[C@](O)(C(C)=O)[C@]2(O)C(C)=O)c2nc(SC)nc(NC(C)=O)c2c1=O. The smallest absolute Gasteiger partial charge is 0.343 e. The molecule has 5 atom stereocenters. The highest BCUT2D eigenvalue weighted by molar-refractivity contribution is 7.98. The van der Waals surface area contributed by atoms with E-state index in [1.54, 1.807) is 6.26 Å². The second-order valence-corrected chi connectivity index (χ2v) is 9.82. The molecule has 15 nitrogen and oxygen atoms in total. The third-order valence-corrected chi connectivity index (χ3v) is 7.03. The lowest BCUT2D eigenvalue weighted by atomic mass is 9.73. The van der Waals surface area contributed by atoms with Crippen LogP contribution in [0.25, 0.3) is 11.0 Å².